The monoisotopic (exact) mass is 296 g/mol. The highest BCUT2D eigenvalue weighted by atomic mass is 32.1. The summed E-state index contributed by atoms with van der Waals surface area (Å²) in [6.07, 6.45) is 3.32. The number of carbonyl (C=O) groups excluding carboxylic acids is 1. The van der Waals surface area contributed by atoms with E-state index in [1.807, 2.05) is 11.9 Å². The molecular weight excluding hydrogens is 272 g/mol. The lowest BCUT2D eigenvalue weighted by Gasteiger charge is -2.30. The Bertz CT molecular complexity index is 474. The van der Waals surface area contributed by atoms with Gasteiger partial charge >= 0.3 is 0 Å². The van der Waals surface area contributed by atoms with Crippen LogP contribution in [0.4, 0.5) is 10.9 Å². The number of likely N-dealkylation sites (tertiary alicyclic amines) is 1. The molecule has 1 fully saturated rings. The number of nitrogens with two attached hydrogens (primary N) is 1. The predicted molar refractivity (Wildman–Crippen MR) is 84.4 cm³/mol. The van der Waals surface area contributed by atoms with Crippen LogP contribution in [0.1, 0.15) is 42.8 Å². The van der Waals surface area contributed by atoms with Gasteiger partial charge in [0.15, 0.2) is 5.13 Å². The van der Waals surface area contributed by atoms with E-state index in [2.05, 4.69) is 23.7 Å². The zero-order valence-electron chi connectivity index (χ0n) is 12.6. The Labute approximate surface area is 124 Å². The Kier molecular flexibility index (Phi) is 4.86. The molecule has 1 aromatic rings. The van der Waals surface area contributed by atoms with Crippen LogP contribution in [-0.2, 0) is 0 Å². The Morgan fingerprint density at radius 2 is 2.35 bits per heavy atom. The van der Waals surface area contributed by atoms with Crippen molar-refractivity contribution in [2.45, 2.75) is 33.1 Å². The largest absolute Gasteiger partial charge is 0.382 e. The van der Waals surface area contributed by atoms with Gasteiger partial charge in [0.1, 0.15) is 10.7 Å². The number of carbonyl (C=O) groups is 1. The number of thiazole rings is 1. The van der Waals surface area contributed by atoms with Crippen LogP contribution >= 0.6 is 11.3 Å². The molecule has 2 heterocycles. The van der Waals surface area contributed by atoms with Crippen LogP contribution in [-0.4, -0.2) is 42.5 Å². The molecule has 0 radical (unpaired) electrons. The van der Waals surface area contributed by atoms with Crippen LogP contribution in [0.25, 0.3) is 0 Å². The molecule has 1 aliphatic heterocycles. The van der Waals surface area contributed by atoms with Crippen LogP contribution in [0, 0.1) is 5.92 Å². The zero-order chi connectivity index (χ0) is 14.7. The van der Waals surface area contributed by atoms with Crippen molar-refractivity contribution >= 4 is 28.2 Å². The molecule has 1 saturated heterocycles. The topological polar surface area (TPSA) is 62.5 Å². The minimum absolute atomic E-state index is 0.0442. The molecule has 1 atom stereocenters. The standard InChI is InChI=1S/C14H24N4OS/c1-4-7-17(3)14-16-12(15)11(20-14)13(19)18-8-5-6-10(2)9-18/h10H,4-9,15H2,1-3H3. The van der Waals surface area contributed by atoms with Crippen molar-refractivity contribution in [2.75, 3.05) is 37.3 Å². The van der Waals surface area contributed by atoms with Crippen molar-refractivity contribution in [2.24, 2.45) is 5.92 Å². The van der Waals surface area contributed by atoms with Crippen molar-refractivity contribution in [3.05, 3.63) is 4.88 Å². The maximum Gasteiger partial charge on any atom is 0.267 e. The number of anilines is 2. The fourth-order valence-electron chi connectivity index (χ4n) is 2.59. The van der Waals surface area contributed by atoms with Crippen LogP contribution in [0.3, 0.4) is 0 Å². The fourth-order valence-corrected chi connectivity index (χ4v) is 3.53. The van der Waals surface area contributed by atoms with E-state index in [-0.39, 0.29) is 5.91 Å². The average Bonchev–Trinajstić information content (AvgIpc) is 2.80. The number of nitrogen functional groups attached to an aromatic ring is 1. The quantitative estimate of drug-likeness (QED) is 0.927. The number of nitrogens with zero attached hydrogens (tertiary/aromatic N) is 3. The predicted octanol–water partition coefficient (Wildman–Crippen LogP) is 2.44. The van der Waals surface area contributed by atoms with Crippen LogP contribution in [0.5, 0.6) is 0 Å². The van der Waals surface area contributed by atoms with Gasteiger partial charge in [-0.3, -0.25) is 4.79 Å². The van der Waals surface area contributed by atoms with Gasteiger partial charge < -0.3 is 15.5 Å². The molecule has 5 nitrogen and oxygen atoms in total. The van der Waals surface area contributed by atoms with Crippen molar-refractivity contribution in [3.63, 3.8) is 0 Å². The summed E-state index contributed by atoms with van der Waals surface area (Å²) in [4.78, 5) is 21.5. The third-order valence-electron chi connectivity index (χ3n) is 3.67. The maximum absolute atomic E-state index is 12.6. The number of hydrogen-bond donors (Lipinski definition) is 1. The zero-order valence-corrected chi connectivity index (χ0v) is 13.4. The number of aromatic nitrogens is 1. The average molecular weight is 296 g/mol. The summed E-state index contributed by atoms with van der Waals surface area (Å²) in [5, 5.41) is 0.831. The number of rotatable bonds is 4. The molecule has 1 aliphatic rings. The highest BCUT2D eigenvalue weighted by Gasteiger charge is 2.26. The molecule has 112 valence electrons. The molecule has 0 aliphatic carbocycles. The summed E-state index contributed by atoms with van der Waals surface area (Å²) >= 11 is 1.41. The third-order valence-corrected chi connectivity index (χ3v) is 4.84. The lowest BCUT2D eigenvalue weighted by Crippen LogP contribution is -2.39. The molecule has 1 aromatic heterocycles. The van der Waals surface area contributed by atoms with Gasteiger partial charge in [0, 0.05) is 26.7 Å². The second kappa shape index (κ2) is 6.43. The molecule has 0 saturated carbocycles. The summed E-state index contributed by atoms with van der Waals surface area (Å²) in [6.45, 7) is 6.89. The first-order valence-corrected chi connectivity index (χ1v) is 8.11. The highest BCUT2D eigenvalue weighted by molar-refractivity contribution is 7.18. The van der Waals surface area contributed by atoms with Crippen molar-refractivity contribution in [1.29, 1.82) is 0 Å². The lowest BCUT2D eigenvalue weighted by molar-refractivity contribution is 0.0689. The molecule has 2 rings (SSSR count). The van der Waals surface area contributed by atoms with E-state index in [9.17, 15) is 4.79 Å². The maximum atomic E-state index is 12.6. The van der Waals surface area contributed by atoms with E-state index >= 15 is 0 Å². The Hall–Kier alpha value is -1.30. The van der Waals surface area contributed by atoms with E-state index in [0.717, 1.165) is 37.6 Å². The number of amides is 1. The first-order chi connectivity index (χ1) is 9.52. The smallest absolute Gasteiger partial charge is 0.267 e. The van der Waals surface area contributed by atoms with Gasteiger partial charge in [0.25, 0.3) is 5.91 Å². The molecule has 0 bridgehead atoms. The Balaban J connectivity index is 2.13. The van der Waals surface area contributed by atoms with E-state index in [0.29, 0.717) is 16.6 Å². The van der Waals surface area contributed by atoms with E-state index < -0.39 is 0 Å². The van der Waals surface area contributed by atoms with Gasteiger partial charge in [-0.25, -0.2) is 4.98 Å². The molecule has 6 heteroatoms. The first kappa shape index (κ1) is 15.1. The molecule has 1 unspecified atom stereocenters. The van der Waals surface area contributed by atoms with Gasteiger partial charge in [-0.2, -0.15) is 0 Å². The molecular formula is C14H24N4OS. The molecule has 20 heavy (non-hydrogen) atoms. The van der Waals surface area contributed by atoms with Gasteiger partial charge in [-0.15, -0.1) is 0 Å². The van der Waals surface area contributed by atoms with E-state index in [4.69, 9.17) is 5.73 Å². The summed E-state index contributed by atoms with van der Waals surface area (Å²) in [5.74, 6) is 0.989. The van der Waals surface area contributed by atoms with Crippen LogP contribution < -0.4 is 10.6 Å². The normalized spacial score (nSPS) is 19.1. The van der Waals surface area contributed by atoms with E-state index in [1.54, 1.807) is 0 Å². The van der Waals surface area contributed by atoms with Crippen LogP contribution in [0.2, 0.25) is 0 Å². The Morgan fingerprint density at radius 1 is 1.60 bits per heavy atom. The first-order valence-electron chi connectivity index (χ1n) is 7.29. The number of piperidine rings is 1. The molecule has 0 spiro atoms. The van der Waals surface area contributed by atoms with Gasteiger partial charge in [-0.1, -0.05) is 25.2 Å². The SMILES string of the molecule is CCCN(C)c1nc(N)c(C(=O)N2CCCC(C)C2)s1. The van der Waals surface area contributed by atoms with Crippen LogP contribution in [0.15, 0.2) is 0 Å². The minimum atomic E-state index is 0.0442. The number of hydrogen-bond acceptors (Lipinski definition) is 5. The summed E-state index contributed by atoms with van der Waals surface area (Å²) in [7, 11) is 1.99. The molecule has 1 amide bonds. The summed E-state index contributed by atoms with van der Waals surface area (Å²) < 4.78 is 0. The van der Waals surface area contributed by atoms with E-state index in [1.165, 1.54) is 17.8 Å². The molecule has 0 aromatic carbocycles. The van der Waals surface area contributed by atoms with Gasteiger partial charge in [0.2, 0.25) is 0 Å². The minimum Gasteiger partial charge on any atom is -0.382 e. The third kappa shape index (κ3) is 3.23. The van der Waals surface area contributed by atoms with Crippen molar-refractivity contribution in [3.8, 4) is 0 Å². The highest BCUT2D eigenvalue weighted by Crippen LogP contribution is 2.30. The second-order valence-corrected chi connectivity index (χ2v) is 6.61. The fraction of sp³-hybridized carbons (Fsp3) is 0.714. The summed E-state index contributed by atoms with van der Waals surface area (Å²) in [5.41, 5.74) is 5.94. The van der Waals surface area contributed by atoms with Crippen molar-refractivity contribution < 1.29 is 4.79 Å². The molecule has 2 N–H and O–H groups in total. The lowest BCUT2D eigenvalue weighted by atomic mass is 10.0. The van der Waals surface area contributed by atoms with Gasteiger partial charge in [0.05, 0.1) is 0 Å². The Morgan fingerprint density at radius 3 is 3.00 bits per heavy atom. The second-order valence-electron chi connectivity index (χ2n) is 5.63. The van der Waals surface area contributed by atoms with Crippen molar-refractivity contribution in [1.82, 2.24) is 9.88 Å². The summed E-state index contributed by atoms with van der Waals surface area (Å²) in [6, 6.07) is 0. The van der Waals surface area contributed by atoms with Gasteiger partial charge in [-0.05, 0) is 25.2 Å².